The Morgan fingerprint density at radius 2 is 1.79 bits per heavy atom. The van der Waals surface area contributed by atoms with E-state index in [-0.39, 0.29) is 0 Å². The van der Waals surface area contributed by atoms with Crippen molar-refractivity contribution < 1.29 is 0 Å². The minimum Gasteiger partial charge on any atom is -0.298 e. The summed E-state index contributed by atoms with van der Waals surface area (Å²) in [7, 11) is 0. The van der Waals surface area contributed by atoms with Crippen molar-refractivity contribution in [3.8, 4) is 0 Å². The Balaban J connectivity index is 1.59. The Labute approximate surface area is 93.2 Å². The van der Waals surface area contributed by atoms with Gasteiger partial charge in [-0.3, -0.25) is 4.90 Å². The summed E-state index contributed by atoms with van der Waals surface area (Å²) in [6, 6.07) is 8.67. The van der Waals surface area contributed by atoms with Gasteiger partial charge in [0.2, 0.25) is 0 Å². The van der Waals surface area contributed by atoms with Crippen molar-refractivity contribution in [2.24, 2.45) is 5.41 Å². The SMILES string of the molecule is Brc1ccc(CN2CC3(CC3)C2)cc1. The Morgan fingerprint density at radius 3 is 2.36 bits per heavy atom. The number of hydrogen-bond donors (Lipinski definition) is 0. The molecule has 1 aromatic carbocycles. The van der Waals surface area contributed by atoms with Crippen LogP contribution in [0.4, 0.5) is 0 Å². The van der Waals surface area contributed by atoms with Gasteiger partial charge in [0.25, 0.3) is 0 Å². The van der Waals surface area contributed by atoms with Gasteiger partial charge < -0.3 is 0 Å². The van der Waals surface area contributed by atoms with E-state index in [4.69, 9.17) is 0 Å². The van der Waals surface area contributed by atoms with E-state index in [2.05, 4.69) is 45.1 Å². The molecule has 0 radical (unpaired) electrons. The van der Waals surface area contributed by atoms with Gasteiger partial charge in [0.05, 0.1) is 0 Å². The van der Waals surface area contributed by atoms with Gasteiger partial charge in [-0.15, -0.1) is 0 Å². The van der Waals surface area contributed by atoms with Gasteiger partial charge in [0, 0.05) is 24.1 Å². The zero-order valence-corrected chi connectivity index (χ0v) is 9.76. The summed E-state index contributed by atoms with van der Waals surface area (Å²) in [6.07, 6.45) is 2.95. The van der Waals surface area contributed by atoms with Crippen LogP contribution in [0.1, 0.15) is 18.4 Å². The maximum Gasteiger partial charge on any atom is 0.0234 e. The van der Waals surface area contributed by atoms with E-state index in [1.54, 1.807) is 0 Å². The quantitative estimate of drug-likeness (QED) is 0.782. The molecule has 1 aliphatic heterocycles. The zero-order valence-electron chi connectivity index (χ0n) is 8.17. The molecule has 74 valence electrons. The van der Waals surface area contributed by atoms with E-state index in [0.29, 0.717) is 0 Å². The standard InChI is InChI=1S/C12H14BrN/c13-11-3-1-10(2-4-11)7-14-8-12(9-14)5-6-12/h1-4H,5-9H2. The average molecular weight is 252 g/mol. The van der Waals surface area contributed by atoms with Crippen LogP contribution < -0.4 is 0 Å². The summed E-state index contributed by atoms with van der Waals surface area (Å²) in [6.45, 7) is 3.81. The van der Waals surface area contributed by atoms with Crippen LogP contribution >= 0.6 is 15.9 Å². The molecule has 1 spiro atoms. The lowest BCUT2D eigenvalue weighted by Gasteiger charge is -2.40. The number of halogens is 1. The number of benzene rings is 1. The highest BCUT2D eigenvalue weighted by Gasteiger charge is 2.51. The fourth-order valence-electron chi connectivity index (χ4n) is 2.36. The second-order valence-electron chi connectivity index (χ2n) is 4.77. The molecule has 1 aliphatic carbocycles. The first-order chi connectivity index (χ1) is 6.76. The van der Waals surface area contributed by atoms with Gasteiger partial charge in [-0.25, -0.2) is 0 Å². The van der Waals surface area contributed by atoms with Crippen LogP contribution in [0.25, 0.3) is 0 Å². The maximum absolute atomic E-state index is 3.46. The van der Waals surface area contributed by atoms with Gasteiger partial charge in [-0.05, 0) is 36.0 Å². The summed E-state index contributed by atoms with van der Waals surface area (Å²) in [5.41, 5.74) is 2.22. The van der Waals surface area contributed by atoms with Crippen molar-refractivity contribution in [2.45, 2.75) is 19.4 Å². The molecule has 14 heavy (non-hydrogen) atoms. The van der Waals surface area contributed by atoms with Gasteiger partial charge in [-0.1, -0.05) is 28.1 Å². The summed E-state index contributed by atoms with van der Waals surface area (Å²) < 4.78 is 1.17. The Hall–Kier alpha value is -0.340. The first-order valence-corrected chi connectivity index (χ1v) is 6.02. The number of rotatable bonds is 2. The predicted molar refractivity (Wildman–Crippen MR) is 61.1 cm³/mol. The van der Waals surface area contributed by atoms with Crippen molar-refractivity contribution in [3.05, 3.63) is 34.3 Å². The molecular formula is C12H14BrN. The fourth-order valence-corrected chi connectivity index (χ4v) is 2.62. The molecule has 2 fully saturated rings. The molecule has 2 aliphatic rings. The average Bonchev–Trinajstić information content (AvgIpc) is 2.88. The van der Waals surface area contributed by atoms with E-state index in [1.165, 1.54) is 36.0 Å². The number of likely N-dealkylation sites (tertiary alicyclic amines) is 1. The van der Waals surface area contributed by atoms with Crippen LogP contribution in [0, 0.1) is 5.41 Å². The van der Waals surface area contributed by atoms with Crippen LogP contribution in [0.2, 0.25) is 0 Å². The fraction of sp³-hybridized carbons (Fsp3) is 0.500. The largest absolute Gasteiger partial charge is 0.298 e. The highest BCUT2D eigenvalue weighted by Crippen LogP contribution is 2.53. The van der Waals surface area contributed by atoms with Crippen LogP contribution in [0.3, 0.4) is 0 Å². The molecule has 3 rings (SSSR count). The smallest absolute Gasteiger partial charge is 0.0234 e. The first kappa shape index (κ1) is 8.93. The minimum absolute atomic E-state index is 0.787. The molecule has 1 aromatic rings. The predicted octanol–water partition coefficient (Wildman–Crippen LogP) is 3.04. The topological polar surface area (TPSA) is 3.24 Å². The Kier molecular flexibility index (Phi) is 1.96. The molecule has 1 saturated heterocycles. The van der Waals surface area contributed by atoms with Gasteiger partial charge in [0.15, 0.2) is 0 Å². The van der Waals surface area contributed by atoms with E-state index in [1.807, 2.05) is 0 Å². The van der Waals surface area contributed by atoms with Crippen molar-refractivity contribution in [1.82, 2.24) is 4.90 Å². The van der Waals surface area contributed by atoms with Crippen molar-refractivity contribution >= 4 is 15.9 Å². The summed E-state index contributed by atoms with van der Waals surface area (Å²) in [5.74, 6) is 0. The molecule has 1 heterocycles. The zero-order chi connectivity index (χ0) is 9.60. The third-order valence-electron chi connectivity index (χ3n) is 3.39. The Morgan fingerprint density at radius 1 is 1.14 bits per heavy atom. The lowest BCUT2D eigenvalue weighted by Crippen LogP contribution is -2.47. The summed E-state index contributed by atoms with van der Waals surface area (Å²) >= 11 is 3.46. The van der Waals surface area contributed by atoms with Crippen LogP contribution in [0.15, 0.2) is 28.7 Å². The van der Waals surface area contributed by atoms with Crippen LogP contribution in [-0.4, -0.2) is 18.0 Å². The lowest BCUT2D eigenvalue weighted by atomic mass is 9.96. The minimum atomic E-state index is 0.787. The van der Waals surface area contributed by atoms with Crippen molar-refractivity contribution in [1.29, 1.82) is 0 Å². The number of nitrogens with zero attached hydrogens (tertiary/aromatic N) is 1. The lowest BCUT2D eigenvalue weighted by molar-refractivity contribution is 0.0739. The van der Waals surface area contributed by atoms with Gasteiger partial charge >= 0.3 is 0 Å². The molecule has 0 bridgehead atoms. The summed E-state index contributed by atoms with van der Waals surface area (Å²) in [5, 5.41) is 0. The molecule has 1 saturated carbocycles. The van der Waals surface area contributed by atoms with Crippen molar-refractivity contribution in [3.63, 3.8) is 0 Å². The maximum atomic E-state index is 3.46. The molecule has 1 nitrogen and oxygen atoms in total. The molecule has 0 unspecified atom stereocenters. The molecule has 0 aromatic heterocycles. The van der Waals surface area contributed by atoms with Crippen molar-refractivity contribution in [2.75, 3.05) is 13.1 Å². The second kappa shape index (κ2) is 3.07. The third kappa shape index (κ3) is 1.61. The normalized spacial score (nSPS) is 23.5. The number of hydrogen-bond acceptors (Lipinski definition) is 1. The molecule has 0 N–H and O–H groups in total. The first-order valence-electron chi connectivity index (χ1n) is 5.23. The third-order valence-corrected chi connectivity index (χ3v) is 3.92. The highest BCUT2D eigenvalue weighted by atomic mass is 79.9. The van der Waals surface area contributed by atoms with E-state index in [0.717, 1.165) is 12.0 Å². The van der Waals surface area contributed by atoms with E-state index < -0.39 is 0 Å². The van der Waals surface area contributed by atoms with Crippen LogP contribution in [-0.2, 0) is 6.54 Å². The monoisotopic (exact) mass is 251 g/mol. The molecular weight excluding hydrogens is 238 g/mol. The van der Waals surface area contributed by atoms with E-state index >= 15 is 0 Å². The Bertz CT molecular complexity index is 332. The highest BCUT2D eigenvalue weighted by molar-refractivity contribution is 9.10. The molecule has 0 atom stereocenters. The van der Waals surface area contributed by atoms with Crippen LogP contribution in [0.5, 0.6) is 0 Å². The van der Waals surface area contributed by atoms with Gasteiger partial charge in [0.1, 0.15) is 0 Å². The van der Waals surface area contributed by atoms with E-state index in [9.17, 15) is 0 Å². The molecule has 0 amide bonds. The molecule has 2 heteroatoms. The summed E-state index contributed by atoms with van der Waals surface area (Å²) in [4.78, 5) is 2.55. The second-order valence-corrected chi connectivity index (χ2v) is 5.69. The van der Waals surface area contributed by atoms with Gasteiger partial charge in [-0.2, -0.15) is 0 Å².